The summed E-state index contributed by atoms with van der Waals surface area (Å²) >= 11 is 1.55. The van der Waals surface area contributed by atoms with E-state index in [1.165, 1.54) is 24.3 Å². The molecule has 0 spiro atoms. The quantitative estimate of drug-likeness (QED) is 0.346. The van der Waals surface area contributed by atoms with Crippen LogP contribution in [-0.4, -0.2) is 49.6 Å². The molecule has 0 aromatic heterocycles. The molecular weight excluding hydrogens is 360 g/mol. The van der Waals surface area contributed by atoms with Crippen LogP contribution in [0.3, 0.4) is 0 Å². The second-order valence-corrected chi connectivity index (χ2v) is 8.68. The predicted octanol–water partition coefficient (Wildman–Crippen LogP) is 1.70. The molecule has 2 aliphatic rings. The third kappa shape index (κ3) is 3.16. The lowest BCUT2D eigenvalue weighted by Gasteiger charge is -2.43. The molecule has 1 N–H and O–H groups in total. The number of rotatable bonds is 6. The second kappa shape index (κ2) is 6.88. The van der Waals surface area contributed by atoms with E-state index in [-0.39, 0.29) is 36.1 Å². The molecule has 3 rings (SSSR count). The number of fused-ring (bicyclic) bond motifs is 1. The van der Waals surface area contributed by atoms with Crippen LogP contribution in [0.4, 0.5) is 5.69 Å². The van der Waals surface area contributed by atoms with E-state index in [9.17, 15) is 19.7 Å². The molecule has 1 aromatic rings. The first-order valence-corrected chi connectivity index (χ1v) is 9.15. The molecule has 2 saturated heterocycles. The molecular formula is C17H20N2O6S. The summed E-state index contributed by atoms with van der Waals surface area (Å²) in [4.78, 5) is 36.7. The van der Waals surface area contributed by atoms with Gasteiger partial charge in [-0.1, -0.05) is 0 Å². The largest absolute Gasteiger partial charge is 0.459 e. The molecule has 9 heteroatoms. The van der Waals surface area contributed by atoms with Crippen molar-refractivity contribution in [1.82, 2.24) is 4.90 Å². The minimum absolute atomic E-state index is 0.0131. The number of hydrogen-bond donors (Lipinski definition) is 1. The number of non-ortho nitro benzene ring substituents is 1. The van der Waals surface area contributed by atoms with Crippen molar-refractivity contribution in [2.45, 2.75) is 43.0 Å². The van der Waals surface area contributed by atoms with Crippen molar-refractivity contribution in [3.63, 3.8) is 0 Å². The topological polar surface area (TPSA) is 110 Å². The van der Waals surface area contributed by atoms with Crippen molar-refractivity contribution in [3.05, 3.63) is 39.9 Å². The van der Waals surface area contributed by atoms with Gasteiger partial charge in [0.15, 0.2) is 0 Å². The third-order valence-corrected chi connectivity index (χ3v) is 6.37. The zero-order valence-corrected chi connectivity index (χ0v) is 15.3. The number of carbonyl (C=O) groups excluding carboxylic acids is 2. The highest BCUT2D eigenvalue weighted by atomic mass is 32.2. The first-order chi connectivity index (χ1) is 12.3. The smallest absolute Gasteiger partial charge is 0.330 e. The normalized spacial score (nSPS) is 26.2. The zero-order valence-electron chi connectivity index (χ0n) is 14.5. The summed E-state index contributed by atoms with van der Waals surface area (Å²) in [7, 11) is 0. The monoisotopic (exact) mass is 380 g/mol. The van der Waals surface area contributed by atoms with E-state index in [0.717, 1.165) is 0 Å². The van der Waals surface area contributed by atoms with E-state index in [4.69, 9.17) is 9.84 Å². The Morgan fingerprint density at radius 1 is 1.38 bits per heavy atom. The van der Waals surface area contributed by atoms with Crippen LogP contribution in [0.25, 0.3) is 0 Å². The molecule has 0 aliphatic carbocycles. The van der Waals surface area contributed by atoms with Gasteiger partial charge in [-0.3, -0.25) is 14.9 Å². The molecule has 2 aliphatic heterocycles. The fourth-order valence-corrected chi connectivity index (χ4v) is 5.14. The average molecular weight is 380 g/mol. The molecule has 2 heterocycles. The lowest BCUT2D eigenvalue weighted by Crippen LogP contribution is -2.62. The number of thioether (sulfide) groups is 1. The van der Waals surface area contributed by atoms with Gasteiger partial charge in [0, 0.05) is 23.5 Å². The standard InChI is InChI=1S/C17H20N2O6S/c1-17(2)13(18-14(21)12(7-8-20)15(18)26-17)16(22)25-9-10-3-5-11(6-4-10)19(23)24/h3-6,12-13,15,20H,7-9H2,1-2H3/t12-,13-,15+/m0/s1. The van der Waals surface area contributed by atoms with Gasteiger partial charge in [-0.2, -0.15) is 0 Å². The zero-order chi connectivity index (χ0) is 19.1. The number of benzene rings is 1. The van der Waals surface area contributed by atoms with Crippen LogP contribution in [0.5, 0.6) is 0 Å². The molecule has 0 saturated carbocycles. The number of aliphatic hydroxyl groups excluding tert-OH is 1. The van der Waals surface area contributed by atoms with Crippen molar-refractivity contribution >= 4 is 29.3 Å². The predicted molar refractivity (Wildman–Crippen MR) is 94.2 cm³/mol. The van der Waals surface area contributed by atoms with Crippen LogP contribution >= 0.6 is 11.8 Å². The number of amides is 1. The number of aliphatic hydroxyl groups is 1. The average Bonchev–Trinajstić information content (AvgIpc) is 2.86. The Kier molecular flexibility index (Phi) is 4.94. The van der Waals surface area contributed by atoms with Gasteiger partial charge in [0.2, 0.25) is 5.91 Å². The van der Waals surface area contributed by atoms with E-state index in [1.54, 1.807) is 16.7 Å². The SMILES string of the molecule is CC1(C)S[C@@H]2[C@@H](CCO)C(=O)N2[C@H]1C(=O)OCc1ccc([N+](=O)[O-])cc1. The van der Waals surface area contributed by atoms with Gasteiger partial charge in [-0.05, 0) is 38.0 Å². The molecule has 1 aromatic carbocycles. The van der Waals surface area contributed by atoms with Gasteiger partial charge < -0.3 is 14.7 Å². The van der Waals surface area contributed by atoms with E-state index in [2.05, 4.69) is 0 Å². The molecule has 140 valence electrons. The van der Waals surface area contributed by atoms with Crippen molar-refractivity contribution < 1.29 is 24.4 Å². The molecule has 2 fully saturated rings. The van der Waals surface area contributed by atoms with Gasteiger partial charge in [0.05, 0.1) is 16.2 Å². The minimum Gasteiger partial charge on any atom is -0.459 e. The number of nitrogens with zero attached hydrogens (tertiary/aromatic N) is 2. The van der Waals surface area contributed by atoms with Crippen LogP contribution < -0.4 is 0 Å². The minimum atomic E-state index is -0.682. The van der Waals surface area contributed by atoms with Gasteiger partial charge in [-0.15, -0.1) is 11.8 Å². The highest BCUT2D eigenvalue weighted by molar-refractivity contribution is 8.01. The number of carbonyl (C=O) groups is 2. The summed E-state index contributed by atoms with van der Waals surface area (Å²) < 4.78 is 4.89. The Hall–Kier alpha value is -2.13. The maximum atomic E-state index is 12.6. The Balaban J connectivity index is 1.65. The Bertz CT molecular complexity index is 735. The number of hydrogen-bond acceptors (Lipinski definition) is 7. The molecule has 26 heavy (non-hydrogen) atoms. The van der Waals surface area contributed by atoms with Crippen molar-refractivity contribution in [1.29, 1.82) is 0 Å². The van der Waals surface area contributed by atoms with Crippen molar-refractivity contribution in [3.8, 4) is 0 Å². The first kappa shape index (κ1) is 18.7. The Labute approximate surface area is 154 Å². The Morgan fingerprint density at radius 2 is 2.04 bits per heavy atom. The Morgan fingerprint density at radius 3 is 2.62 bits per heavy atom. The van der Waals surface area contributed by atoms with E-state index in [1.807, 2.05) is 13.8 Å². The van der Waals surface area contributed by atoms with Crippen LogP contribution in [0, 0.1) is 16.0 Å². The van der Waals surface area contributed by atoms with E-state index < -0.39 is 21.7 Å². The maximum absolute atomic E-state index is 12.6. The highest BCUT2D eigenvalue weighted by Gasteiger charge is 2.63. The lowest BCUT2D eigenvalue weighted by molar-refractivity contribution is -0.384. The first-order valence-electron chi connectivity index (χ1n) is 8.27. The maximum Gasteiger partial charge on any atom is 0.330 e. The van der Waals surface area contributed by atoms with Gasteiger partial charge in [0.25, 0.3) is 5.69 Å². The molecule has 3 atom stereocenters. The number of nitro groups is 1. The van der Waals surface area contributed by atoms with E-state index >= 15 is 0 Å². The highest BCUT2D eigenvalue weighted by Crippen LogP contribution is 2.54. The summed E-state index contributed by atoms with van der Waals surface area (Å²) in [5.74, 6) is -0.865. The summed E-state index contributed by atoms with van der Waals surface area (Å²) in [6.45, 7) is 3.73. The van der Waals surface area contributed by atoms with Crippen molar-refractivity contribution in [2.24, 2.45) is 5.92 Å². The third-order valence-electron chi connectivity index (χ3n) is 4.74. The summed E-state index contributed by atoms with van der Waals surface area (Å²) in [6.07, 6.45) is 0.396. The summed E-state index contributed by atoms with van der Waals surface area (Å²) in [5, 5.41) is 19.7. The molecule has 0 bridgehead atoms. The lowest BCUT2D eigenvalue weighted by atomic mass is 9.90. The van der Waals surface area contributed by atoms with Gasteiger partial charge in [0.1, 0.15) is 12.6 Å². The molecule has 8 nitrogen and oxygen atoms in total. The number of ether oxygens (including phenoxy) is 1. The molecule has 0 radical (unpaired) electrons. The summed E-state index contributed by atoms with van der Waals surface area (Å²) in [6, 6.07) is 5.10. The van der Waals surface area contributed by atoms with Crippen LogP contribution in [-0.2, 0) is 20.9 Å². The molecule has 1 amide bonds. The van der Waals surface area contributed by atoms with Gasteiger partial charge in [-0.25, -0.2) is 4.79 Å². The number of esters is 1. The van der Waals surface area contributed by atoms with Crippen LogP contribution in [0.2, 0.25) is 0 Å². The van der Waals surface area contributed by atoms with Crippen LogP contribution in [0.1, 0.15) is 25.8 Å². The van der Waals surface area contributed by atoms with E-state index in [0.29, 0.717) is 12.0 Å². The number of nitro benzene ring substituents is 1. The fraction of sp³-hybridized carbons (Fsp3) is 0.529. The number of β-lactam (4-membered cyclic amide) rings is 1. The summed E-state index contributed by atoms with van der Waals surface area (Å²) in [5.41, 5.74) is 0.606. The van der Waals surface area contributed by atoms with Crippen LogP contribution in [0.15, 0.2) is 24.3 Å². The molecule has 0 unspecified atom stereocenters. The fourth-order valence-electron chi connectivity index (χ4n) is 3.42. The van der Waals surface area contributed by atoms with Crippen molar-refractivity contribution in [2.75, 3.05) is 6.61 Å². The second-order valence-electron chi connectivity index (χ2n) is 6.91. The van der Waals surface area contributed by atoms with Gasteiger partial charge >= 0.3 is 5.97 Å².